The van der Waals surface area contributed by atoms with Crippen LogP contribution in [-0.4, -0.2) is 20.0 Å². The predicted octanol–water partition coefficient (Wildman–Crippen LogP) is 2.99. The molecule has 0 aromatic carbocycles. The lowest BCUT2D eigenvalue weighted by atomic mass is 10.0. The molecule has 1 saturated carbocycles. The van der Waals surface area contributed by atoms with Crippen molar-refractivity contribution in [3.63, 3.8) is 0 Å². The van der Waals surface area contributed by atoms with Gasteiger partial charge in [0.15, 0.2) is 0 Å². The van der Waals surface area contributed by atoms with Crippen LogP contribution in [0.2, 0.25) is 0 Å². The monoisotopic (exact) mass is 250 g/mol. The molecule has 3 rings (SSSR count). The molecule has 2 aromatic heterocycles. The van der Waals surface area contributed by atoms with Gasteiger partial charge in [0.05, 0.1) is 5.69 Å². The largest absolute Gasteiger partial charge is 0.477 e. The van der Waals surface area contributed by atoms with Crippen LogP contribution in [0, 0.1) is 0 Å². The maximum Gasteiger partial charge on any atom is 0.352 e. The van der Waals surface area contributed by atoms with E-state index in [1.807, 2.05) is 0 Å². The van der Waals surface area contributed by atoms with E-state index in [0.717, 1.165) is 15.9 Å². The lowest BCUT2D eigenvalue weighted by Gasteiger charge is -2.03. The topological polar surface area (TPSA) is 55.1 Å². The number of carboxylic acid groups (broad SMARTS) is 1. The molecule has 2 heterocycles. The van der Waals surface area contributed by atoms with Gasteiger partial charge in [-0.25, -0.2) is 4.79 Å². The van der Waals surface area contributed by atoms with E-state index in [-0.39, 0.29) is 0 Å². The summed E-state index contributed by atoms with van der Waals surface area (Å²) in [5, 5.41) is 10.1. The summed E-state index contributed by atoms with van der Waals surface area (Å²) in [5.74, 6) is -0.332. The first kappa shape index (κ1) is 10.8. The Bertz CT molecular complexity index is 579. The molecule has 0 radical (unpaired) electrons. The van der Waals surface area contributed by atoms with Crippen molar-refractivity contribution in [2.75, 3.05) is 0 Å². The van der Waals surface area contributed by atoms with Crippen LogP contribution in [0.25, 0.3) is 10.2 Å². The van der Waals surface area contributed by atoms with Crippen molar-refractivity contribution >= 4 is 27.7 Å². The second-order valence-corrected chi connectivity index (χ2v) is 5.41. The van der Waals surface area contributed by atoms with E-state index in [0.29, 0.717) is 11.6 Å². The quantitative estimate of drug-likeness (QED) is 0.891. The van der Waals surface area contributed by atoms with Crippen molar-refractivity contribution in [3.8, 4) is 0 Å². The molecule has 0 bridgehead atoms. The van der Waals surface area contributed by atoms with Gasteiger partial charge in [0.25, 0.3) is 0 Å². The molecule has 1 fully saturated rings. The van der Waals surface area contributed by atoms with Gasteiger partial charge < -0.3 is 9.67 Å². The van der Waals surface area contributed by atoms with Crippen LogP contribution in [0.5, 0.6) is 0 Å². The van der Waals surface area contributed by atoms with Crippen LogP contribution in [0.1, 0.15) is 47.8 Å². The summed E-state index contributed by atoms with van der Waals surface area (Å²) in [4.78, 5) is 12.1. The summed E-state index contributed by atoms with van der Waals surface area (Å²) >= 11 is 1.42. The summed E-state index contributed by atoms with van der Waals surface area (Å²) in [6, 6.07) is 1.77. The average molecular weight is 250 g/mol. The molecule has 17 heavy (non-hydrogen) atoms. The SMILES string of the molecule is Cn1c(C(=O)O)cc2c(C3CCCC3)nsc21. The minimum absolute atomic E-state index is 0.355. The van der Waals surface area contributed by atoms with Gasteiger partial charge in [-0.2, -0.15) is 4.37 Å². The Labute approximate surface area is 103 Å². The summed E-state index contributed by atoms with van der Waals surface area (Å²) in [6.45, 7) is 0. The van der Waals surface area contributed by atoms with Gasteiger partial charge in [0.1, 0.15) is 10.5 Å². The Morgan fingerprint density at radius 3 is 2.88 bits per heavy atom. The maximum absolute atomic E-state index is 11.1. The highest BCUT2D eigenvalue weighted by Crippen LogP contribution is 2.39. The lowest BCUT2D eigenvalue weighted by molar-refractivity contribution is 0.0687. The standard InChI is InChI=1S/C12H14N2O2S/c1-14-9(12(15)16)6-8-10(13-17-11(8)14)7-4-2-3-5-7/h6-7H,2-5H2,1H3,(H,15,16). The summed E-state index contributed by atoms with van der Waals surface area (Å²) in [6.07, 6.45) is 4.91. The fraction of sp³-hybridized carbons (Fsp3) is 0.500. The van der Waals surface area contributed by atoms with Crippen molar-refractivity contribution in [1.82, 2.24) is 8.94 Å². The molecule has 0 saturated heterocycles. The zero-order chi connectivity index (χ0) is 12.0. The zero-order valence-corrected chi connectivity index (χ0v) is 10.5. The average Bonchev–Trinajstić information content (AvgIpc) is 2.95. The summed E-state index contributed by atoms with van der Waals surface area (Å²) < 4.78 is 6.26. The minimum atomic E-state index is -0.867. The van der Waals surface area contributed by atoms with E-state index in [2.05, 4.69) is 4.37 Å². The number of aryl methyl sites for hydroxylation is 1. The molecular weight excluding hydrogens is 236 g/mol. The fourth-order valence-corrected chi connectivity index (χ4v) is 3.63. The van der Waals surface area contributed by atoms with Crippen LogP contribution in [0.3, 0.4) is 0 Å². The molecule has 0 unspecified atom stereocenters. The van der Waals surface area contributed by atoms with Crippen molar-refractivity contribution < 1.29 is 9.90 Å². The number of aromatic carboxylic acids is 1. The first-order chi connectivity index (χ1) is 8.18. The van der Waals surface area contributed by atoms with Gasteiger partial charge in [-0.15, -0.1) is 0 Å². The predicted molar refractivity (Wildman–Crippen MR) is 66.8 cm³/mol. The van der Waals surface area contributed by atoms with Gasteiger partial charge in [-0.1, -0.05) is 12.8 Å². The number of fused-ring (bicyclic) bond motifs is 1. The molecule has 1 N–H and O–H groups in total. The Morgan fingerprint density at radius 1 is 1.53 bits per heavy atom. The first-order valence-corrected chi connectivity index (χ1v) is 6.64. The summed E-state index contributed by atoms with van der Waals surface area (Å²) in [7, 11) is 1.79. The smallest absolute Gasteiger partial charge is 0.352 e. The molecule has 0 spiro atoms. The highest BCUT2D eigenvalue weighted by atomic mass is 32.1. The number of rotatable bonds is 2. The molecule has 1 aliphatic carbocycles. The maximum atomic E-state index is 11.1. The number of hydrogen-bond donors (Lipinski definition) is 1. The van der Waals surface area contributed by atoms with Crippen LogP contribution in [0.15, 0.2) is 6.07 Å². The molecule has 5 heteroatoms. The van der Waals surface area contributed by atoms with E-state index in [1.54, 1.807) is 17.7 Å². The molecule has 1 aliphatic rings. The van der Waals surface area contributed by atoms with Gasteiger partial charge >= 0.3 is 5.97 Å². The van der Waals surface area contributed by atoms with Gasteiger partial charge in [-0.3, -0.25) is 0 Å². The number of hydrogen-bond acceptors (Lipinski definition) is 3. The van der Waals surface area contributed by atoms with E-state index < -0.39 is 5.97 Å². The number of carboxylic acids is 1. The fourth-order valence-electron chi connectivity index (χ4n) is 2.72. The minimum Gasteiger partial charge on any atom is -0.477 e. The number of aromatic nitrogens is 2. The Kier molecular flexibility index (Phi) is 2.43. The van der Waals surface area contributed by atoms with E-state index in [4.69, 9.17) is 5.11 Å². The normalized spacial score (nSPS) is 17.0. The van der Waals surface area contributed by atoms with Crippen molar-refractivity contribution in [2.45, 2.75) is 31.6 Å². The van der Waals surface area contributed by atoms with Crippen molar-refractivity contribution in [1.29, 1.82) is 0 Å². The van der Waals surface area contributed by atoms with Crippen LogP contribution in [-0.2, 0) is 7.05 Å². The Hall–Kier alpha value is -1.36. The third kappa shape index (κ3) is 1.57. The molecule has 0 amide bonds. The van der Waals surface area contributed by atoms with Gasteiger partial charge in [-0.05, 0) is 30.4 Å². The summed E-state index contributed by atoms with van der Waals surface area (Å²) in [5.41, 5.74) is 1.47. The van der Waals surface area contributed by atoms with Crippen molar-refractivity contribution in [2.24, 2.45) is 7.05 Å². The van der Waals surface area contributed by atoms with Crippen LogP contribution < -0.4 is 0 Å². The second-order valence-electron chi connectivity index (χ2n) is 4.66. The van der Waals surface area contributed by atoms with E-state index in [1.165, 1.54) is 37.2 Å². The highest BCUT2D eigenvalue weighted by Gasteiger charge is 2.24. The zero-order valence-electron chi connectivity index (χ0n) is 9.64. The van der Waals surface area contributed by atoms with E-state index in [9.17, 15) is 4.79 Å². The highest BCUT2D eigenvalue weighted by molar-refractivity contribution is 7.13. The van der Waals surface area contributed by atoms with Crippen molar-refractivity contribution in [3.05, 3.63) is 17.5 Å². The van der Waals surface area contributed by atoms with E-state index >= 15 is 0 Å². The van der Waals surface area contributed by atoms with Crippen LogP contribution in [0.4, 0.5) is 0 Å². The Morgan fingerprint density at radius 2 is 2.24 bits per heavy atom. The molecule has 0 aliphatic heterocycles. The van der Waals surface area contributed by atoms with Gasteiger partial charge in [0.2, 0.25) is 0 Å². The molecule has 90 valence electrons. The molecule has 4 nitrogen and oxygen atoms in total. The molecule has 2 aromatic rings. The molecule has 0 atom stereocenters. The first-order valence-electron chi connectivity index (χ1n) is 5.86. The number of carbonyl (C=O) groups is 1. The lowest BCUT2D eigenvalue weighted by Crippen LogP contribution is -2.03. The van der Waals surface area contributed by atoms with Crippen LogP contribution >= 0.6 is 11.5 Å². The second kappa shape index (κ2) is 3.84. The molecular formula is C12H14N2O2S. The third-order valence-electron chi connectivity index (χ3n) is 3.64. The number of nitrogens with zero attached hydrogens (tertiary/aromatic N) is 2. The van der Waals surface area contributed by atoms with Gasteiger partial charge in [0, 0.05) is 18.4 Å². The Balaban J connectivity index is 2.14. The third-order valence-corrected chi connectivity index (χ3v) is 4.60.